The molecule has 31 heavy (non-hydrogen) atoms. The second-order valence-electron chi connectivity index (χ2n) is 6.56. The van der Waals surface area contributed by atoms with Gasteiger partial charge in [0.05, 0.1) is 5.56 Å². The Hall–Kier alpha value is -3.26. The van der Waals surface area contributed by atoms with Crippen LogP contribution in [0.1, 0.15) is 32.6 Å². The van der Waals surface area contributed by atoms with E-state index in [1.807, 2.05) is 6.07 Å². The zero-order valence-electron chi connectivity index (χ0n) is 16.4. The number of esters is 1. The number of thiol groups is 1. The van der Waals surface area contributed by atoms with Gasteiger partial charge in [0, 0.05) is 11.8 Å². The minimum Gasteiger partial charge on any atom is -0.488 e. The van der Waals surface area contributed by atoms with Gasteiger partial charge in [-0.2, -0.15) is 13.2 Å². The van der Waals surface area contributed by atoms with Gasteiger partial charge in [-0.1, -0.05) is 48.5 Å². The van der Waals surface area contributed by atoms with Gasteiger partial charge in [0.15, 0.2) is 0 Å². The number of para-hydroxylation sites is 1. The molecule has 0 saturated heterocycles. The van der Waals surface area contributed by atoms with E-state index in [2.05, 4.69) is 17.2 Å². The lowest BCUT2D eigenvalue weighted by molar-refractivity contribution is -0.138. The predicted octanol–water partition coefficient (Wildman–Crippen LogP) is 6.08. The summed E-state index contributed by atoms with van der Waals surface area (Å²) in [6.45, 7) is 1.25. The third kappa shape index (κ3) is 5.46. The Labute approximate surface area is 182 Å². The summed E-state index contributed by atoms with van der Waals surface area (Å²) >= 11 is 3.66. The number of benzene rings is 3. The molecule has 3 aromatic rings. The molecule has 0 fully saturated rings. The average molecular weight is 445 g/mol. The first-order chi connectivity index (χ1) is 14.8. The molecule has 0 N–H and O–H groups in total. The predicted molar refractivity (Wildman–Crippen MR) is 115 cm³/mol. The molecule has 0 amide bonds. The van der Waals surface area contributed by atoms with Crippen LogP contribution in [0.25, 0.3) is 0 Å². The van der Waals surface area contributed by atoms with Gasteiger partial charge in [-0.25, -0.2) is 9.19 Å². The molecule has 0 aliphatic rings. The first-order valence-electron chi connectivity index (χ1n) is 9.17. The van der Waals surface area contributed by atoms with E-state index < -0.39 is 17.7 Å². The molecule has 0 aromatic heterocycles. The molecule has 0 atom stereocenters. The molecule has 160 valence electrons. The number of alkyl halides is 3. The summed E-state index contributed by atoms with van der Waals surface area (Å²) in [6.07, 6.45) is -3.77. The van der Waals surface area contributed by atoms with Crippen molar-refractivity contribution in [2.24, 2.45) is 4.40 Å². The maximum atomic E-state index is 13.8. The van der Waals surface area contributed by atoms with Crippen LogP contribution in [0.4, 0.5) is 13.2 Å². The van der Waals surface area contributed by atoms with Crippen LogP contribution >= 0.6 is 12.8 Å². The maximum Gasteiger partial charge on any atom is 0.417 e. The van der Waals surface area contributed by atoms with Crippen molar-refractivity contribution in [3.8, 4) is 11.5 Å². The van der Waals surface area contributed by atoms with Gasteiger partial charge in [0.1, 0.15) is 23.7 Å². The lowest BCUT2D eigenvalue weighted by Crippen LogP contribution is -2.19. The third-order valence-electron chi connectivity index (χ3n) is 4.45. The van der Waals surface area contributed by atoms with Crippen molar-refractivity contribution in [1.29, 1.82) is 0 Å². The van der Waals surface area contributed by atoms with Crippen LogP contribution in [0.15, 0.2) is 71.1 Å². The zero-order chi connectivity index (χ0) is 22.4. The van der Waals surface area contributed by atoms with Gasteiger partial charge in [0.2, 0.25) is 0 Å². The molecule has 0 unspecified atom stereocenters. The monoisotopic (exact) mass is 445 g/mol. The van der Waals surface area contributed by atoms with Gasteiger partial charge < -0.3 is 9.47 Å². The largest absolute Gasteiger partial charge is 0.488 e. The topological polar surface area (TPSA) is 47.9 Å². The van der Waals surface area contributed by atoms with Gasteiger partial charge in [-0.3, -0.25) is 0 Å². The SMILES string of the molecule is Cc1c(C(=O)Oc2ccccc2)c(OCc2ccccc2)cc(C=NS)c1C(F)(F)F. The van der Waals surface area contributed by atoms with E-state index in [1.54, 1.807) is 42.5 Å². The summed E-state index contributed by atoms with van der Waals surface area (Å²) in [5, 5.41) is 0. The number of ether oxygens (including phenoxy) is 2. The third-order valence-corrected chi connectivity index (χ3v) is 4.56. The van der Waals surface area contributed by atoms with E-state index in [0.29, 0.717) is 0 Å². The highest BCUT2D eigenvalue weighted by atomic mass is 32.1. The molecule has 0 aliphatic carbocycles. The zero-order valence-corrected chi connectivity index (χ0v) is 17.3. The highest BCUT2D eigenvalue weighted by Gasteiger charge is 2.38. The van der Waals surface area contributed by atoms with E-state index in [9.17, 15) is 18.0 Å². The molecule has 0 bridgehead atoms. The lowest BCUT2D eigenvalue weighted by Gasteiger charge is -2.20. The average Bonchev–Trinajstić information content (AvgIpc) is 2.72. The summed E-state index contributed by atoms with van der Waals surface area (Å²) in [5.41, 5.74) is -1.10. The fraction of sp³-hybridized carbons (Fsp3) is 0.130. The van der Waals surface area contributed by atoms with Crippen molar-refractivity contribution in [3.63, 3.8) is 0 Å². The number of nitrogens with zero attached hydrogens (tertiary/aromatic N) is 1. The number of hydrogen-bond donors (Lipinski definition) is 1. The molecular weight excluding hydrogens is 427 g/mol. The van der Waals surface area contributed by atoms with E-state index in [0.717, 1.165) is 17.8 Å². The molecule has 0 aliphatic heterocycles. The summed E-state index contributed by atoms with van der Waals surface area (Å²) in [6, 6.07) is 18.3. The van der Waals surface area contributed by atoms with Crippen LogP contribution in [0.3, 0.4) is 0 Å². The molecule has 0 radical (unpaired) electrons. The minimum absolute atomic E-state index is 0.0430. The smallest absolute Gasteiger partial charge is 0.417 e. The Morgan fingerprint density at radius 3 is 2.26 bits per heavy atom. The van der Waals surface area contributed by atoms with Gasteiger partial charge >= 0.3 is 12.1 Å². The summed E-state index contributed by atoms with van der Waals surface area (Å²) in [4.78, 5) is 12.9. The van der Waals surface area contributed by atoms with Crippen molar-refractivity contribution in [2.45, 2.75) is 19.7 Å². The molecule has 4 nitrogen and oxygen atoms in total. The molecule has 0 saturated carbocycles. The Morgan fingerprint density at radius 2 is 1.68 bits per heavy atom. The van der Waals surface area contributed by atoms with E-state index in [-0.39, 0.29) is 34.8 Å². The summed E-state index contributed by atoms with van der Waals surface area (Å²) in [5.74, 6) is -0.791. The second kappa shape index (κ2) is 9.70. The van der Waals surface area contributed by atoms with Gasteiger partial charge in [0.25, 0.3) is 0 Å². The van der Waals surface area contributed by atoms with Crippen molar-refractivity contribution in [2.75, 3.05) is 0 Å². The first-order valence-corrected chi connectivity index (χ1v) is 9.57. The van der Waals surface area contributed by atoms with E-state index >= 15 is 0 Å². The summed E-state index contributed by atoms with van der Waals surface area (Å²) < 4.78 is 55.9. The van der Waals surface area contributed by atoms with E-state index in [1.165, 1.54) is 19.1 Å². The quantitative estimate of drug-likeness (QED) is 0.217. The summed E-state index contributed by atoms with van der Waals surface area (Å²) in [7, 11) is 0. The Balaban J connectivity index is 2.10. The molecular formula is C23H18F3NO3S. The highest BCUT2D eigenvalue weighted by molar-refractivity contribution is 7.79. The van der Waals surface area contributed by atoms with Crippen LogP contribution in [-0.2, 0) is 12.8 Å². The maximum absolute atomic E-state index is 13.8. The molecule has 3 rings (SSSR count). The van der Waals surface area contributed by atoms with Crippen LogP contribution < -0.4 is 9.47 Å². The fourth-order valence-corrected chi connectivity index (χ4v) is 3.23. The Bertz CT molecular complexity index is 1080. The first kappa shape index (κ1) is 22.4. The Kier molecular flexibility index (Phi) is 7.02. The van der Waals surface area contributed by atoms with Crippen LogP contribution in [-0.4, -0.2) is 12.2 Å². The van der Waals surface area contributed by atoms with Crippen LogP contribution in [0, 0.1) is 6.92 Å². The van der Waals surface area contributed by atoms with E-state index in [4.69, 9.17) is 9.47 Å². The Morgan fingerprint density at radius 1 is 1.06 bits per heavy atom. The lowest BCUT2D eigenvalue weighted by atomic mass is 9.95. The van der Waals surface area contributed by atoms with Crippen molar-refractivity contribution >= 4 is 25.0 Å². The molecule has 0 spiro atoms. The number of carbonyl (C=O) groups is 1. The molecule has 8 heteroatoms. The standard InChI is InChI=1S/C23H18F3NO3S/c1-15-20(22(28)30-18-10-6-3-7-11-18)19(29-14-16-8-4-2-5-9-16)12-17(13-27-31)21(15)23(24,25)26/h2-13,31H,14H2,1H3. The van der Waals surface area contributed by atoms with Crippen molar-refractivity contribution in [1.82, 2.24) is 0 Å². The number of rotatable bonds is 6. The van der Waals surface area contributed by atoms with Crippen LogP contribution in [0.5, 0.6) is 11.5 Å². The normalized spacial score (nSPS) is 11.5. The fourth-order valence-electron chi connectivity index (χ4n) is 3.10. The van der Waals surface area contributed by atoms with Crippen molar-refractivity contribution < 1.29 is 27.4 Å². The minimum atomic E-state index is -4.73. The number of hydrogen-bond acceptors (Lipinski definition) is 5. The highest BCUT2D eigenvalue weighted by Crippen LogP contribution is 2.39. The molecule has 0 heterocycles. The number of carbonyl (C=O) groups excluding carboxylic acids is 1. The van der Waals surface area contributed by atoms with Crippen LogP contribution in [0.2, 0.25) is 0 Å². The second-order valence-corrected chi connectivity index (χ2v) is 6.79. The molecule has 3 aromatic carbocycles. The number of halogens is 3. The van der Waals surface area contributed by atoms with Gasteiger partial charge in [-0.05, 0) is 49.1 Å². The van der Waals surface area contributed by atoms with Gasteiger partial charge in [-0.15, -0.1) is 0 Å². The van der Waals surface area contributed by atoms with Crippen molar-refractivity contribution in [3.05, 3.63) is 94.5 Å².